The summed E-state index contributed by atoms with van der Waals surface area (Å²) in [5.41, 5.74) is 0.510. The van der Waals surface area contributed by atoms with E-state index in [4.69, 9.17) is 4.74 Å². The standard InChI is InChI=1S/C25H39F3O3/c1-15(21(29)25(26,27)28)18-7-8-19-17-6-5-16-13-24(30,14-31-4)12-11-22(16,2)20(17)9-10-23(18,19)3/h5,15,17-21,29-30H,6-14H2,1-4H3/t15-,17-,18+,19?,20?,21-,22-,23+,24-/m0/s1. The summed E-state index contributed by atoms with van der Waals surface area (Å²) < 4.78 is 45.0. The van der Waals surface area contributed by atoms with Crippen molar-refractivity contribution in [1.29, 1.82) is 0 Å². The third kappa shape index (κ3) is 3.69. The minimum Gasteiger partial charge on any atom is -0.387 e. The summed E-state index contributed by atoms with van der Waals surface area (Å²) >= 11 is 0. The summed E-state index contributed by atoms with van der Waals surface area (Å²) in [7, 11) is 1.63. The van der Waals surface area contributed by atoms with Gasteiger partial charge in [-0.05, 0) is 91.8 Å². The molecule has 0 aromatic carbocycles. The van der Waals surface area contributed by atoms with Crippen LogP contribution in [-0.4, -0.2) is 41.8 Å². The number of methoxy groups -OCH3 is 1. The highest BCUT2D eigenvalue weighted by atomic mass is 19.4. The highest BCUT2D eigenvalue weighted by molar-refractivity contribution is 5.27. The Morgan fingerprint density at radius 2 is 1.84 bits per heavy atom. The topological polar surface area (TPSA) is 49.7 Å². The van der Waals surface area contributed by atoms with Gasteiger partial charge >= 0.3 is 6.18 Å². The van der Waals surface area contributed by atoms with Crippen LogP contribution in [0.5, 0.6) is 0 Å². The first-order valence-electron chi connectivity index (χ1n) is 12.0. The van der Waals surface area contributed by atoms with Crippen LogP contribution in [0, 0.1) is 40.4 Å². The van der Waals surface area contributed by atoms with Crippen LogP contribution in [0.2, 0.25) is 0 Å². The molecule has 0 aromatic rings. The number of alkyl halides is 3. The fourth-order valence-electron chi connectivity index (χ4n) is 8.53. The van der Waals surface area contributed by atoms with Crippen molar-refractivity contribution in [2.45, 2.75) is 90.0 Å². The maximum atomic E-state index is 13.2. The zero-order valence-corrected chi connectivity index (χ0v) is 19.3. The molecule has 3 nitrogen and oxygen atoms in total. The van der Waals surface area contributed by atoms with Gasteiger partial charge in [0.1, 0.15) is 0 Å². The average molecular weight is 445 g/mol. The van der Waals surface area contributed by atoms with E-state index < -0.39 is 23.8 Å². The number of aliphatic hydroxyl groups excluding tert-OH is 1. The molecule has 31 heavy (non-hydrogen) atoms. The largest absolute Gasteiger partial charge is 0.414 e. The Morgan fingerprint density at radius 3 is 2.48 bits per heavy atom. The van der Waals surface area contributed by atoms with Crippen molar-refractivity contribution in [3.8, 4) is 0 Å². The van der Waals surface area contributed by atoms with Gasteiger partial charge in [-0.3, -0.25) is 0 Å². The number of aliphatic hydroxyl groups is 2. The molecule has 0 saturated heterocycles. The second kappa shape index (κ2) is 7.73. The lowest BCUT2D eigenvalue weighted by molar-refractivity contribution is -0.227. The van der Waals surface area contributed by atoms with E-state index in [0.29, 0.717) is 30.8 Å². The van der Waals surface area contributed by atoms with E-state index in [9.17, 15) is 23.4 Å². The second-order valence-corrected chi connectivity index (χ2v) is 11.7. The first-order chi connectivity index (χ1) is 14.4. The van der Waals surface area contributed by atoms with Crippen LogP contribution < -0.4 is 0 Å². The molecule has 2 N–H and O–H groups in total. The molecule has 0 bridgehead atoms. The fourth-order valence-corrected chi connectivity index (χ4v) is 8.53. The molecule has 0 radical (unpaired) electrons. The molecule has 4 aliphatic rings. The molecular formula is C25H39F3O3. The number of halogens is 3. The third-order valence-corrected chi connectivity index (χ3v) is 10.2. The average Bonchev–Trinajstić information content (AvgIpc) is 3.04. The zero-order valence-electron chi connectivity index (χ0n) is 19.3. The highest BCUT2D eigenvalue weighted by Gasteiger charge is 2.61. The Labute approximate surface area is 184 Å². The maximum absolute atomic E-state index is 13.2. The molecular weight excluding hydrogens is 405 g/mol. The van der Waals surface area contributed by atoms with Crippen LogP contribution in [0.3, 0.4) is 0 Å². The summed E-state index contributed by atoms with van der Waals surface area (Å²) in [6.07, 6.45) is 2.55. The summed E-state index contributed by atoms with van der Waals surface area (Å²) in [6, 6.07) is 0. The number of ether oxygens (including phenoxy) is 1. The van der Waals surface area contributed by atoms with Gasteiger partial charge in [0.05, 0.1) is 12.2 Å². The van der Waals surface area contributed by atoms with Crippen LogP contribution in [0.1, 0.15) is 72.1 Å². The molecule has 3 fully saturated rings. The molecule has 6 heteroatoms. The fraction of sp³-hybridized carbons (Fsp3) is 0.920. The molecule has 0 aromatic heterocycles. The summed E-state index contributed by atoms with van der Waals surface area (Å²) in [4.78, 5) is 0. The van der Waals surface area contributed by atoms with Gasteiger partial charge in [-0.2, -0.15) is 13.2 Å². The van der Waals surface area contributed by atoms with Crippen molar-refractivity contribution < 1.29 is 28.1 Å². The highest BCUT2D eigenvalue weighted by Crippen LogP contribution is 2.68. The first kappa shape index (κ1) is 23.6. The number of allylic oxidation sites excluding steroid dienone is 1. The van der Waals surface area contributed by atoms with E-state index in [1.807, 2.05) is 0 Å². The summed E-state index contributed by atoms with van der Waals surface area (Å²) in [6.45, 7) is 6.51. The molecule has 0 aliphatic heterocycles. The maximum Gasteiger partial charge on any atom is 0.414 e. The van der Waals surface area contributed by atoms with Crippen molar-refractivity contribution in [2.24, 2.45) is 40.4 Å². The van der Waals surface area contributed by atoms with E-state index >= 15 is 0 Å². The number of hydrogen-bond acceptors (Lipinski definition) is 3. The van der Waals surface area contributed by atoms with Crippen molar-refractivity contribution in [2.75, 3.05) is 13.7 Å². The smallest absolute Gasteiger partial charge is 0.387 e. The van der Waals surface area contributed by atoms with Gasteiger partial charge in [-0.1, -0.05) is 32.4 Å². The van der Waals surface area contributed by atoms with Crippen molar-refractivity contribution in [3.63, 3.8) is 0 Å². The van der Waals surface area contributed by atoms with E-state index in [2.05, 4.69) is 19.9 Å². The van der Waals surface area contributed by atoms with Gasteiger partial charge in [0, 0.05) is 7.11 Å². The molecule has 4 rings (SSSR count). The number of hydrogen-bond donors (Lipinski definition) is 2. The Morgan fingerprint density at radius 1 is 1.13 bits per heavy atom. The van der Waals surface area contributed by atoms with Gasteiger partial charge < -0.3 is 14.9 Å². The Balaban J connectivity index is 1.57. The van der Waals surface area contributed by atoms with Crippen molar-refractivity contribution >= 4 is 0 Å². The Bertz CT molecular complexity index is 721. The van der Waals surface area contributed by atoms with Crippen LogP contribution >= 0.6 is 0 Å². The first-order valence-corrected chi connectivity index (χ1v) is 12.0. The predicted octanol–water partition coefficient (Wildman–Crippen LogP) is 5.50. The lowest BCUT2D eigenvalue weighted by Crippen LogP contribution is -2.53. The lowest BCUT2D eigenvalue weighted by Gasteiger charge is -2.59. The minimum atomic E-state index is -4.55. The minimum absolute atomic E-state index is 0.0689. The third-order valence-electron chi connectivity index (χ3n) is 10.2. The van der Waals surface area contributed by atoms with E-state index in [1.165, 1.54) is 5.57 Å². The Kier molecular flexibility index (Phi) is 5.88. The molecule has 0 amide bonds. The monoisotopic (exact) mass is 444 g/mol. The Hall–Kier alpha value is -0.590. The zero-order chi connectivity index (χ0) is 22.8. The van der Waals surface area contributed by atoms with Crippen molar-refractivity contribution in [1.82, 2.24) is 0 Å². The molecule has 0 heterocycles. The predicted molar refractivity (Wildman–Crippen MR) is 113 cm³/mol. The van der Waals surface area contributed by atoms with E-state index in [1.54, 1.807) is 14.0 Å². The van der Waals surface area contributed by atoms with Crippen LogP contribution in [0.4, 0.5) is 13.2 Å². The lowest BCUT2D eigenvalue weighted by atomic mass is 9.46. The van der Waals surface area contributed by atoms with Crippen LogP contribution in [-0.2, 0) is 4.74 Å². The van der Waals surface area contributed by atoms with E-state index in [0.717, 1.165) is 44.9 Å². The van der Waals surface area contributed by atoms with Gasteiger partial charge in [-0.25, -0.2) is 0 Å². The molecule has 9 atom stereocenters. The van der Waals surface area contributed by atoms with Crippen LogP contribution in [0.15, 0.2) is 11.6 Å². The van der Waals surface area contributed by atoms with Gasteiger partial charge in [0.25, 0.3) is 0 Å². The summed E-state index contributed by atoms with van der Waals surface area (Å²) in [5.74, 6) is 0.566. The molecule has 178 valence electrons. The second-order valence-electron chi connectivity index (χ2n) is 11.7. The quantitative estimate of drug-likeness (QED) is 0.563. The number of rotatable bonds is 4. The van der Waals surface area contributed by atoms with Gasteiger partial charge in [-0.15, -0.1) is 0 Å². The molecule has 4 aliphatic carbocycles. The number of fused-ring (bicyclic) bond motifs is 5. The molecule has 0 spiro atoms. The summed E-state index contributed by atoms with van der Waals surface area (Å²) in [5, 5.41) is 20.9. The van der Waals surface area contributed by atoms with E-state index in [-0.39, 0.29) is 16.7 Å². The molecule has 3 saturated carbocycles. The normalized spacial score (nSPS) is 47.1. The van der Waals surface area contributed by atoms with Crippen LogP contribution in [0.25, 0.3) is 0 Å². The molecule has 2 unspecified atom stereocenters. The van der Waals surface area contributed by atoms with Crippen molar-refractivity contribution in [3.05, 3.63) is 11.6 Å². The SMILES string of the molecule is COC[C@]1(O)CC[C@@]2(C)C(=CC[C@@H]3C2CC[C@@]2(C)C3CC[C@@H]2[C@H](C)[C@H](O)C(F)(F)F)C1. The van der Waals surface area contributed by atoms with Gasteiger partial charge in [0.2, 0.25) is 0 Å². The van der Waals surface area contributed by atoms with Gasteiger partial charge in [0.15, 0.2) is 6.10 Å².